The number of nitro groups is 1. The highest BCUT2D eigenvalue weighted by Gasteiger charge is 2.30. The molecule has 3 rings (SSSR count). The molecule has 0 bridgehead atoms. The third-order valence-electron chi connectivity index (χ3n) is 7.32. The van der Waals surface area contributed by atoms with Crippen molar-refractivity contribution in [2.24, 2.45) is 0 Å². The van der Waals surface area contributed by atoms with Crippen LogP contribution in [0.3, 0.4) is 0 Å². The van der Waals surface area contributed by atoms with Crippen LogP contribution in [0, 0.1) is 10.1 Å². The van der Waals surface area contributed by atoms with Crippen LogP contribution in [0.25, 0.3) is 0 Å². The molecule has 0 aliphatic carbocycles. The van der Waals surface area contributed by atoms with E-state index in [1.807, 2.05) is 0 Å². The van der Waals surface area contributed by atoms with Gasteiger partial charge in [-0.25, -0.2) is 4.79 Å². The van der Waals surface area contributed by atoms with Gasteiger partial charge in [0.1, 0.15) is 6.61 Å². The summed E-state index contributed by atoms with van der Waals surface area (Å²) in [7, 11) is 0. The molecule has 2 aromatic rings. The van der Waals surface area contributed by atoms with Crippen LogP contribution in [0.5, 0.6) is 0 Å². The highest BCUT2D eigenvalue weighted by molar-refractivity contribution is 5.68. The summed E-state index contributed by atoms with van der Waals surface area (Å²) < 4.78 is 5.55. The quantitative estimate of drug-likeness (QED) is 0.196. The summed E-state index contributed by atoms with van der Waals surface area (Å²) in [6.45, 7) is 11.9. The van der Waals surface area contributed by atoms with Gasteiger partial charge in [-0.15, -0.1) is 6.58 Å². The monoisotopic (exact) mass is 493 g/mol. The van der Waals surface area contributed by atoms with Crippen molar-refractivity contribution in [1.82, 2.24) is 9.80 Å². The van der Waals surface area contributed by atoms with E-state index in [1.165, 1.54) is 24.1 Å². The number of hydrogen-bond acceptors (Lipinski definition) is 5. The first-order valence-electron chi connectivity index (χ1n) is 12.9. The fourth-order valence-corrected chi connectivity index (χ4v) is 5.12. The predicted octanol–water partition coefficient (Wildman–Crippen LogP) is 6.33. The Morgan fingerprint density at radius 2 is 1.83 bits per heavy atom. The van der Waals surface area contributed by atoms with E-state index in [1.54, 1.807) is 23.1 Å². The van der Waals surface area contributed by atoms with Crippen molar-refractivity contribution in [2.45, 2.75) is 64.0 Å². The smallest absolute Gasteiger partial charge is 0.410 e. The summed E-state index contributed by atoms with van der Waals surface area (Å²) in [4.78, 5) is 27.5. The first-order valence-corrected chi connectivity index (χ1v) is 12.9. The lowest BCUT2D eigenvalue weighted by atomic mass is 9.76. The van der Waals surface area contributed by atoms with E-state index in [2.05, 4.69) is 55.7 Å². The van der Waals surface area contributed by atoms with Crippen LogP contribution >= 0.6 is 0 Å². The van der Waals surface area contributed by atoms with Crippen LogP contribution in [-0.4, -0.2) is 53.0 Å². The molecular formula is C29H39N3O4. The third-order valence-corrected chi connectivity index (χ3v) is 7.32. The molecule has 1 heterocycles. The predicted molar refractivity (Wildman–Crippen MR) is 143 cm³/mol. The zero-order valence-electron chi connectivity index (χ0n) is 21.6. The molecule has 1 fully saturated rings. The minimum atomic E-state index is -0.445. The summed E-state index contributed by atoms with van der Waals surface area (Å²) in [5, 5.41) is 10.8. The van der Waals surface area contributed by atoms with Crippen molar-refractivity contribution in [3.8, 4) is 0 Å². The normalized spacial score (nSPS) is 16.2. The number of nitrogens with zero attached hydrogens (tertiary/aromatic N) is 3. The SMILES string of the molecule is C=CCN(C(=O)OCc1ccc([N+](=O)[O-])cc1)C1CCN(CCC(C)(CCC)c2ccccc2)CC1. The maximum absolute atomic E-state index is 12.9. The minimum Gasteiger partial charge on any atom is -0.445 e. The van der Waals surface area contributed by atoms with E-state index in [0.717, 1.165) is 50.9 Å². The van der Waals surface area contributed by atoms with E-state index in [0.29, 0.717) is 6.54 Å². The second-order valence-electron chi connectivity index (χ2n) is 9.92. The lowest BCUT2D eigenvalue weighted by Crippen LogP contribution is -2.48. The first kappa shape index (κ1) is 27.4. The number of carbonyl (C=O) groups excluding carboxylic acids is 1. The Bertz CT molecular complexity index is 987. The average Bonchev–Trinajstić information content (AvgIpc) is 2.90. The lowest BCUT2D eigenvalue weighted by molar-refractivity contribution is -0.384. The molecule has 0 aromatic heterocycles. The number of likely N-dealkylation sites (tertiary alicyclic amines) is 1. The van der Waals surface area contributed by atoms with Gasteiger partial charge >= 0.3 is 6.09 Å². The van der Waals surface area contributed by atoms with Gasteiger partial charge in [0.2, 0.25) is 0 Å². The zero-order valence-corrected chi connectivity index (χ0v) is 21.6. The highest BCUT2D eigenvalue weighted by atomic mass is 16.6. The van der Waals surface area contributed by atoms with Crippen LogP contribution in [0.15, 0.2) is 67.3 Å². The Morgan fingerprint density at radius 3 is 2.42 bits per heavy atom. The molecular weight excluding hydrogens is 454 g/mol. The molecule has 36 heavy (non-hydrogen) atoms. The van der Waals surface area contributed by atoms with Gasteiger partial charge in [0.25, 0.3) is 5.69 Å². The standard InChI is InChI=1S/C29H39N3O4/c1-4-17-29(3,25-9-7-6-8-10-25)18-22-30-20-15-26(16-21-30)31(19-5-2)28(33)36-23-24-11-13-27(14-12-24)32(34)35/h5-14,26H,2,4,15-23H2,1,3H3. The Morgan fingerprint density at radius 1 is 1.17 bits per heavy atom. The van der Waals surface area contributed by atoms with Crippen molar-refractivity contribution >= 4 is 11.8 Å². The molecule has 2 aromatic carbocycles. The zero-order chi connectivity index (χ0) is 26.0. The molecule has 0 N–H and O–H groups in total. The van der Waals surface area contributed by atoms with E-state index >= 15 is 0 Å². The van der Waals surface area contributed by atoms with Crippen LogP contribution < -0.4 is 0 Å². The van der Waals surface area contributed by atoms with Gasteiger partial charge in [-0.05, 0) is 60.9 Å². The Hall–Kier alpha value is -3.19. The molecule has 1 unspecified atom stereocenters. The fraction of sp³-hybridized carbons (Fsp3) is 0.483. The molecule has 0 saturated carbocycles. The topological polar surface area (TPSA) is 75.9 Å². The Labute approximate surface area is 214 Å². The largest absolute Gasteiger partial charge is 0.445 e. The van der Waals surface area contributed by atoms with Gasteiger partial charge in [0, 0.05) is 37.8 Å². The lowest BCUT2D eigenvalue weighted by Gasteiger charge is -2.39. The van der Waals surface area contributed by atoms with Crippen LogP contribution in [0.1, 0.15) is 57.1 Å². The van der Waals surface area contributed by atoms with Gasteiger partial charge in [-0.3, -0.25) is 10.1 Å². The van der Waals surface area contributed by atoms with Gasteiger partial charge in [-0.2, -0.15) is 0 Å². The number of amides is 1. The maximum Gasteiger partial charge on any atom is 0.410 e. The number of benzene rings is 2. The van der Waals surface area contributed by atoms with Crippen LogP contribution in [0.4, 0.5) is 10.5 Å². The number of non-ortho nitro benzene ring substituents is 1. The molecule has 1 aliphatic heterocycles. The second-order valence-corrected chi connectivity index (χ2v) is 9.92. The van der Waals surface area contributed by atoms with Crippen LogP contribution in [0.2, 0.25) is 0 Å². The summed E-state index contributed by atoms with van der Waals surface area (Å²) in [6.07, 6.45) is 6.60. The van der Waals surface area contributed by atoms with Gasteiger partial charge in [0.05, 0.1) is 4.92 Å². The third kappa shape index (κ3) is 7.40. The summed E-state index contributed by atoms with van der Waals surface area (Å²) in [5.41, 5.74) is 2.32. The van der Waals surface area contributed by atoms with E-state index in [9.17, 15) is 14.9 Å². The Kier molecular flexibility index (Phi) is 10.1. The highest BCUT2D eigenvalue weighted by Crippen LogP contribution is 2.33. The molecule has 1 amide bonds. The number of piperidine rings is 1. The summed E-state index contributed by atoms with van der Waals surface area (Å²) >= 11 is 0. The number of rotatable bonds is 12. The molecule has 7 nitrogen and oxygen atoms in total. The Balaban J connectivity index is 1.51. The van der Waals surface area contributed by atoms with E-state index in [4.69, 9.17) is 4.74 Å². The number of nitro benzene ring substituents is 1. The molecule has 1 saturated heterocycles. The number of hydrogen-bond donors (Lipinski definition) is 0. The average molecular weight is 494 g/mol. The van der Waals surface area contributed by atoms with E-state index < -0.39 is 4.92 Å². The second kappa shape index (κ2) is 13.2. The number of ether oxygens (including phenoxy) is 1. The summed E-state index contributed by atoms with van der Waals surface area (Å²) in [6, 6.07) is 17.0. The first-order chi connectivity index (χ1) is 17.4. The van der Waals surface area contributed by atoms with Crippen molar-refractivity contribution in [3.05, 3.63) is 88.5 Å². The minimum absolute atomic E-state index is 0.0175. The molecule has 194 valence electrons. The maximum atomic E-state index is 12.9. The van der Waals surface area contributed by atoms with Crippen LogP contribution in [-0.2, 0) is 16.8 Å². The number of carbonyl (C=O) groups is 1. The van der Waals surface area contributed by atoms with E-state index in [-0.39, 0.29) is 29.8 Å². The van der Waals surface area contributed by atoms with Gasteiger partial charge in [-0.1, -0.05) is 56.7 Å². The molecule has 1 aliphatic rings. The molecule has 0 radical (unpaired) electrons. The molecule has 0 spiro atoms. The van der Waals surface area contributed by atoms with Gasteiger partial charge in [0.15, 0.2) is 0 Å². The van der Waals surface area contributed by atoms with Crippen molar-refractivity contribution < 1.29 is 14.5 Å². The van der Waals surface area contributed by atoms with Crippen molar-refractivity contribution in [2.75, 3.05) is 26.2 Å². The van der Waals surface area contributed by atoms with Crippen molar-refractivity contribution in [1.29, 1.82) is 0 Å². The van der Waals surface area contributed by atoms with Crippen molar-refractivity contribution in [3.63, 3.8) is 0 Å². The molecule has 1 atom stereocenters. The summed E-state index contributed by atoms with van der Waals surface area (Å²) in [5.74, 6) is 0. The fourth-order valence-electron chi connectivity index (χ4n) is 5.12. The molecule has 7 heteroatoms. The van der Waals surface area contributed by atoms with Gasteiger partial charge < -0.3 is 14.5 Å².